The van der Waals surface area contributed by atoms with Crippen LogP contribution >= 0.6 is 11.6 Å². The molecule has 0 amide bonds. The first-order valence-electron chi connectivity index (χ1n) is 6.24. The highest BCUT2D eigenvalue weighted by Crippen LogP contribution is 2.23. The van der Waals surface area contributed by atoms with Crippen molar-refractivity contribution in [2.24, 2.45) is 0 Å². The zero-order chi connectivity index (χ0) is 15.5. The number of rotatable bonds is 5. The van der Waals surface area contributed by atoms with Gasteiger partial charge >= 0.3 is 0 Å². The van der Waals surface area contributed by atoms with Gasteiger partial charge in [-0.2, -0.15) is 0 Å². The van der Waals surface area contributed by atoms with Crippen LogP contribution in [0.2, 0.25) is 5.02 Å². The Balaban J connectivity index is 2.22. The molecule has 2 aromatic rings. The lowest BCUT2D eigenvalue weighted by Crippen LogP contribution is -2.18. The molecule has 0 aliphatic rings. The van der Waals surface area contributed by atoms with Crippen LogP contribution in [0.25, 0.3) is 0 Å². The summed E-state index contributed by atoms with van der Waals surface area (Å²) >= 11 is 5.92. The second kappa shape index (κ2) is 6.34. The van der Waals surface area contributed by atoms with E-state index in [1.165, 1.54) is 19.2 Å². The lowest BCUT2D eigenvalue weighted by Gasteiger charge is -2.11. The molecule has 0 unspecified atom stereocenters. The van der Waals surface area contributed by atoms with Crippen molar-refractivity contribution < 1.29 is 8.42 Å². The van der Waals surface area contributed by atoms with Gasteiger partial charge in [-0.05, 0) is 42.9 Å². The third-order valence-electron chi connectivity index (χ3n) is 2.98. The van der Waals surface area contributed by atoms with Gasteiger partial charge in [0.1, 0.15) is 0 Å². The van der Waals surface area contributed by atoms with E-state index in [4.69, 9.17) is 17.3 Å². The van der Waals surface area contributed by atoms with Crippen molar-refractivity contribution in [3.05, 3.63) is 53.1 Å². The van der Waals surface area contributed by atoms with Gasteiger partial charge < -0.3 is 11.1 Å². The molecule has 4 N–H and O–H groups in total. The predicted molar refractivity (Wildman–Crippen MR) is 85.9 cm³/mol. The minimum atomic E-state index is -3.49. The molecule has 0 fully saturated rings. The Labute approximate surface area is 129 Å². The highest BCUT2D eigenvalue weighted by Gasteiger charge is 2.13. The Morgan fingerprint density at radius 3 is 2.62 bits per heavy atom. The molecule has 0 bridgehead atoms. The smallest absolute Gasteiger partial charge is 0.240 e. The summed E-state index contributed by atoms with van der Waals surface area (Å²) in [5, 5.41) is 3.76. The molecule has 7 heteroatoms. The fourth-order valence-corrected chi connectivity index (χ4v) is 2.79. The lowest BCUT2D eigenvalue weighted by atomic mass is 10.2. The summed E-state index contributed by atoms with van der Waals surface area (Å²) in [6.07, 6.45) is 0. The van der Waals surface area contributed by atoms with Crippen LogP contribution in [0.15, 0.2) is 47.4 Å². The number of anilines is 2. The Morgan fingerprint density at radius 1 is 1.19 bits per heavy atom. The van der Waals surface area contributed by atoms with Gasteiger partial charge in [0.05, 0.1) is 16.3 Å². The topological polar surface area (TPSA) is 84.2 Å². The van der Waals surface area contributed by atoms with E-state index in [1.807, 2.05) is 18.2 Å². The highest BCUT2D eigenvalue weighted by atomic mass is 35.5. The molecule has 0 atom stereocenters. The van der Waals surface area contributed by atoms with Gasteiger partial charge in [-0.25, -0.2) is 13.1 Å². The third kappa shape index (κ3) is 3.87. The second-order valence-corrected chi connectivity index (χ2v) is 6.76. The second-order valence-electron chi connectivity index (χ2n) is 4.44. The van der Waals surface area contributed by atoms with Gasteiger partial charge in [-0.3, -0.25) is 0 Å². The lowest BCUT2D eigenvalue weighted by molar-refractivity contribution is 0.588. The van der Waals surface area contributed by atoms with Gasteiger partial charge in [0.25, 0.3) is 0 Å². The number of nitrogens with one attached hydrogen (secondary N) is 2. The molecule has 2 rings (SSSR count). The standard InChI is InChI=1S/C14H16ClN3O2S/c1-17-21(19,20)12-5-6-13(16)14(8-12)18-9-10-3-2-4-11(15)7-10/h2-8,17-18H,9,16H2,1H3. The number of benzene rings is 2. The zero-order valence-electron chi connectivity index (χ0n) is 11.4. The van der Waals surface area contributed by atoms with E-state index in [0.29, 0.717) is 22.9 Å². The molecule has 21 heavy (non-hydrogen) atoms. The maximum Gasteiger partial charge on any atom is 0.240 e. The maximum atomic E-state index is 11.8. The first-order valence-corrected chi connectivity index (χ1v) is 8.10. The third-order valence-corrected chi connectivity index (χ3v) is 4.62. The van der Waals surface area contributed by atoms with E-state index in [0.717, 1.165) is 5.56 Å². The van der Waals surface area contributed by atoms with Crippen molar-refractivity contribution in [2.75, 3.05) is 18.1 Å². The molecular formula is C14H16ClN3O2S. The highest BCUT2D eigenvalue weighted by molar-refractivity contribution is 7.89. The molecule has 0 radical (unpaired) electrons. The summed E-state index contributed by atoms with van der Waals surface area (Å²) in [7, 11) is -2.13. The van der Waals surface area contributed by atoms with Crippen molar-refractivity contribution in [1.29, 1.82) is 0 Å². The van der Waals surface area contributed by atoms with Gasteiger partial charge in [0.2, 0.25) is 10.0 Å². The molecule has 0 aromatic heterocycles. The van der Waals surface area contributed by atoms with Crippen LogP contribution in [-0.2, 0) is 16.6 Å². The Morgan fingerprint density at radius 2 is 1.95 bits per heavy atom. The molecule has 0 heterocycles. The van der Waals surface area contributed by atoms with Crippen molar-refractivity contribution in [3.63, 3.8) is 0 Å². The first kappa shape index (κ1) is 15.6. The number of halogens is 1. The minimum Gasteiger partial charge on any atom is -0.397 e. The number of nitrogen functional groups attached to an aromatic ring is 1. The molecule has 0 aliphatic heterocycles. The number of hydrogen-bond acceptors (Lipinski definition) is 4. The van der Waals surface area contributed by atoms with Crippen LogP contribution in [0, 0.1) is 0 Å². The van der Waals surface area contributed by atoms with E-state index in [2.05, 4.69) is 10.0 Å². The van der Waals surface area contributed by atoms with E-state index in [9.17, 15) is 8.42 Å². The summed E-state index contributed by atoms with van der Waals surface area (Å²) in [6, 6.07) is 11.9. The molecule has 0 aliphatic carbocycles. The SMILES string of the molecule is CNS(=O)(=O)c1ccc(N)c(NCc2cccc(Cl)c2)c1. The molecule has 5 nitrogen and oxygen atoms in total. The maximum absolute atomic E-state index is 11.8. The number of hydrogen-bond donors (Lipinski definition) is 3. The van der Waals surface area contributed by atoms with Crippen molar-refractivity contribution >= 4 is 33.0 Å². The summed E-state index contributed by atoms with van der Waals surface area (Å²) in [5.74, 6) is 0. The predicted octanol–water partition coefficient (Wildman–Crippen LogP) is 2.44. The average molecular weight is 326 g/mol. The molecule has 112 valence electrons. The van der Waals surface area contributed by atoms with E-state index < -0.39 is 10.0 Å². The molecule has 0 saturated carbocycles. The zero-order valence-corrected chi connectivity index (χ0v) is 13.0. The van der Waals surface area contributed by atoms with Crippen molar-refractivity contribution in [3.8, 4) is 0 Å². The Kier molecular flexibility index (Phi) is 4.72. The molecule has 0 saturated heterocycles. The number of sulfonamides is 1. The minimum absolute atomic E-state index is 0.160. The first-order chi connectivity index (χ1) is 9.92. The summed E-state index contributed by atoms with van der Waals surface area (Å²) < 4.78 is 25.8. The Bertz CT molecular complexity index is 748. The summed E-state index contributed by atoms with van der Waals surface area (Å²) in [5.41, 5.74) is 7.88. The van der Waals surface area contributed by atoms with Gasteiger partial charge in [0.15, 0.2) is 0 Å². The molecule has 0 spiro atoms. The summed E-state index contributed by atoms with van der Waals surface area (Å²) in [4.78, 5) is 0.160. The van der Waals surface area contributed by atoms with Crippen molar-refractivity contribution in [2.45, 2.75) is 11.4 Å². The van der Waals surface area contributed by atoms with E-state index >= 15 is 0 Å². The van der Waals surface area contributed by atoms with Crippen LogP contribution in [0.4, 0.5) is 11.4 Å². The molecular weight excluding hydrogens is 310 g/mol. The van der Waals surface area contributed by atoms with Crippen molar-refractivity contribution in [1.82, 2.24) is 4.72 Å². The van der Waals surface area contributed by atoms with E-state index in [-0.39, 0.29) is 4.90 Å². The average Bonchev–Trinajstić information content (AvgIpc) is 2.46. The van der Waals surface area contributed by atoms with Crippen LogP contribution in [0.3, 0.4) is 0 Å². The normalized spacial score (nSPS) is 11.3. The van der Waals surface area contributed by atoms with Gasteiger partial charge in [0, 0.05) is 11.6 Å². The van der Waals surface area contributed by atoms with Crippen LogP contribution in [0.1, 0.15) is 5.56 Å². The van der Waals surface area contributed by atoms with Gasteiger partial charge in [-0.1, -0.05) is 23.7 Å². The largest absolute Gasteiger partial charge is 0.397 e. The monoisotopic (exact) mass is 325 g/mol. The summed E-state index contributed by atoms with van der Waals surface area (Å²) in [6.45, 7) is 0.494. The fourth-order valence-electron chi connectivity index (χ4n) is 1.82. The Hall–Kier alpha value is -1.76. The van der Waals surface area contributed by atoms with Crippen LogP contribution < -0.4 is 15.8 Å². The fraction of sp³-hybridized carbons (Fsp3) is 0.143. The quantitative estimate of drug-likeness (QED) is 0.737. The van der Waals surface area contributed by atoms with Crippen LogP contribution in [0.5, 0.6) is 0 Å². The van der Waals surface area contributed by atoms with Crippen LogP contribution in [-0.4, -0.2) is 15.5 Å². The molecule has 2 aromatic carbocycles. The number of nitrogens with two attached hydrogens (primary N) is 1. The van der Waals surface area contributed by atoms with E-state index in [1.54, 1.807) is 12.1 Å². The van der Waals surface area contributed by atoms with Gasteiger partial charge in [-0.15, -0.1) is 0 Å².